The van der Waals surface area contributed by atoms with Crippen LogP contribution in [0.15, 0.2) is 22.5 Å². The summed E-state index contributed by atoms with van der Waals surface area (Å²) in [6, 6.07) is 2.05. The molecular weight excluding hydrogens is 486 g/mol. The maximum Gasteiger partial charge on any atom is 0.341 e. The van der Waals surface area contributed by atoms with E-state index in [0.717, 1.165) is 53.2 Å². The van der Waals surface area contributed by atoms with Crippen molar-refractivity contribution in [2.75, 3.05) is 6.61 Å². The van der Waals surface area contributed by atoms with Crippen LogP contribution in [0.2, 0.25) is 0 Å². The summed E-state index contributed by atoms with van der Waals surface area (Å²) in [5.74, 6) is -0.932. The SMILES string of the molecule is CCOC(=O)c1c(-n2c(C)cc(/C=C3\SC(=N)[C@H](c4nccs4)C3=O)c2C)sc2c1CCCC2. The molecule has 0 saturated carbocycles. The molecule has 1 N–H and O–H groups in total. The minimum atomic E-state index is -0.598. The number of ketones is 1. The molecule has 1 aliphatic heterocycles. The van der Waals surface area contributed by atoms with Crippen LogP contribution in [-0.2, 0) is 22.4 Å². The van der Waals surface area contributed by atoms with Gasteiger partial charge in [0, 0.05) is 27.8 Å². The number of hydrogen-bond donors (Lipinski definition) is 1. The van der Waals surface area contributed by atoms with E-state index in [9.17, 15) is 9.59 Å². The van der Waals surface area contributed by atoms with Gasteiger partial charge in [-0.3, -0.25) is 10.2 Å². The molecule has 1 atom stereocenters. The zero-order valence-electron chi connectivity index (χ0n) is 19.3. The molecule has 0 unspecified atom stereocenters. The van der Waals surface area contributed by atoms with Crippen molar-refractivity contribution >= 4 is 57.3 Å². The molecule has 1 aliphatic carbocycles. The standard InChI is InChI=1S/C25H25N3O3S3/c1-4-31-25(30)19-16-7-5-6-8-17(16)34-24(19)28-13(2)11-15(14(28)3)12-18-21(29)20(22(26)33-18)23-27-9-10-32-23/h9-12,20,26H,4-8H2,1-3H3/b18-12-,26-22?/t20-/m1/s1. The number of thiophene rings is 1. The number of nitrogens with zero attached hydrogens (tertiary/aromatic N) is 2. The molecule has 1 fully saturated rings. The van der Waals surface area contributed by atoms with E-state index in [0.29, 0.717) is 27.1 Å². The summed E-state index contributed by atoms with van der Waals surface area (Å²) >= 11 is 4.30. The molecule has 0 aromatic carbocycles. The average molecular weight is 512 g/mol. The average Bonchev–Trinajstić information content (AvgIpc) is 3.56. The Kier molecular flexibility index (Phi) is 6.35. The molecule has 3 aromatic rings. The molecule has 176 valence electrons. The Morgan fingerprint density at radius 3 is 2.85 bits per heavy atom. The Bertz CT molecular complexity index is 1330. The van der Waals surface area contributed by atoms with Crippen LogP contribution in [0.3, 0.4) is 0 Å². The molecule has 0 amide bonds. The summed E-state index contributed by atoms with van der Waals surface area (Å²) in [7, 11) is 0. The number of Topliss-reactive ketones (excluding diaryl/α,β-unsaturated/α-hetero) is 1. The van der Waals surface area contributed by atoms with Crippen molar-refractivity contribution in [3.8, 4) is 5.00 Å². The predicted octanol–water partition coefficient (Wildman–Crippen LogP) is 6.09. The first-order valence-electron chi connectivity index (χ1n) is 11.3. The first-order valence-corrected chi connectivity index (χ1v) is 13.8. The normalized spacial score (nSPS) is 19.1. The molecular formula is C25H25N3O3S3. The monoisotopic (exact) mass is 511 g/mol. The lowest BCUT2D eigenvalue weighted by Crippen LogP contribution is -2.12. The zero-order chi connectivity index (χ0) is 24.0. The lowest BCUT2D eigenvalue weighted by atomic mass is 9.95. The van der Waals surface area contributed by atoms with E-state index in [1.807, 2.05) is 38.3 Å². The topological polar surface area (TPSA) is 85.0 Å². The number of rotatable bonds is 5. The third-order valence-electron chi connectivity index (χ3n) is 6.28. The molecule has 4 heterocycles. The Morgan fingerprint density at radius 1 is 1.32 bits per heavy atom. The zero-order valence-corrected chi connectivity index (χ0v) is 21.7. The Balaban J connectivity index is 1.57. The minimum absolute atomic E-state index is 0.0754. The summed E-state index contributed by atoms with van der Waals surface area (Å²) in [6.45, 7) is 6.21. The molecule has 6 nitrogen and oxygen atoms in total. The number of aromatic nitrogens is 2. The second-order valence-electron chi connectivity index (χ2n) is 8.42. The van der Waals surface area contributed by atoms with Crippen molar-refractivity contribution in [2.45, 2.75) is 52.4 Å². The van der Waals surface area contributed by atoms with Gasteiger partial charge in [-0.2, -0.15) is 0 Å². The lowest BCUT2D eigenvalue weighted by Gasteiger charge is -2.13. The Labute approximate surface area is 210 Å². The van der Waals surface area contributed by atoms with E-state index in [-0.39, 0.29) is 11.8 Å². The maximum atomic E-state index is 13.1. The van der Waals surface area contributed by atoms with Crippen molar-refractivity contribution in [1.29, 1.82) is 5.41 Å². The van der Waals surface area contributed by atoms with Crippen LogP contribution in [0.1, 0.15) is 68.4 Å². The van der Waals surface area contributed by atoms with Crippen molar-refractivity contribution in [3.05, 3.63) is 60.5 Å². The van der Waals surface area contributed by atoms with Gasteiger partial charge in [0.05, 0.1) is 22.1 Å². The van der Waals surface area contributed by atoms with Crippen LogP contribution >= 0.6 is 34.4 Å². The minimum Gasteiger partial charge on any atom is -0.462 e. The summed E-state index contributed by atoms with van der Waals surface area (Å²) in [5, 5.41) is 12.1. The molecule has 0 radical (unpaired) electrons. The molecule has 0 bridgehead atoms. The number of esters is 1. The molecule has 34 heavy (non-hydrogen) atoms. The highest BCUT2D eigenvalue weighted by molar-refractivity contribution is 8.19. The number of ether oxygens (including phenoxy) is 1. The summed E-state index contributed by atoms with van der Waals surface area (Å²) in [4.78, 5) is 32.2. The van der Waals surface area contributed by atoms with Gasteiger partial charge in [0.15, 0.2) is 5.78 Å². The van der Waals surface area contributed by atoms with Gasteiger partial charge in [-0.1, -0.05) is 11.8 Å². The fourth-order valence-corrected chi connectivity index (χ4v) is 7.99. The molecule has 0 spiro atoms. The van der Waals surface area contributed by atoms with Gasteiger partial charge in [0.25, 0.3) is 0 Å². The summed E-state index contributed by atoms with van der Waals surface area (Å²) in [6.07, 6.45) is 7.67. The fraction of sp³-hybridized carbons (Fsp3) is 0.360. The first-order chi connectivity index (χ1) is 16.4. The van der Waals surface area contributed by atoms with E-state index >= 15 is 0 Å². The van der Waals surface area contributed by atoms with Crippen LogP contribution in [0.25, 0.3) is 11.1 Å². The van der Waals surface area contributed by atoms with Crippen LogP contribution in [0.4, 0.5) is 0 Å². The predicted molar refractivity (Wildman–Crippen MR) is 139 cm³/mol. The van der Waals surface area contributed by atoms with Gasteiger partial charge >= 0.3 is 5.97 Å². The van der Waals surface area contributed by atoms with Crippen LogP contribution in [0, 0.1) is 19.3 Å². The van der Waals surface area contributed by atoms with Crippen LogP contribution in [0.5, 0.6) is 0 Å². The number of hydrogen-bond acceptors (Lipinski definition) is 8. The molecule has 9 heteroatoms. The largest absolute Gasteiger partial charge is 0.462 e. The highest BCUT2D eigenvalue weighted by atomic mass is 32.2. The highest BCUT2D eigenvalue weighted by Crippen LogP contribution is 2.43. The molecule has 3 aromatic heterocycles. The molecule has 1 saturated heterocycles. The molecule has 5 rings (SSSR count). The number of thioether (sulfide) groups is 1. The van der Waals surface area contributed by atoms with E-state index in [1.165, 1.54) is 28.0 Å². The third-order valence-corrected chi connectivity index (χ3v) is 9.39. The second kappa shape index (κ2) is 9.28. The van der Waals surface area contributed by atoms with Gasteiger partial charge in [-0.05, 0) is 69.7 Å². The van der Waals surface area contributed by atoms with E-state index in [1.54, 1.807) is 17.5 Å². The maximum absolute atomic E-state index is 13.1. The van der Waals surface area contributed by atoms with Crippen molar-refractivity contribution in [3.63, 3.8) is 0 Å². The van der Waals surface area contributed by atoms with Crippen LogP contribution < -0.4 is 0 Å². The first kappa shape index (κ1) is 23.3. The summed E-state index contributed by atoms with van der Waals surface area (Å²) in [5.41, 5.74) is 4.71. The van der Waals surface area contributed by atoms with Gasteiger partial charge in [0.2, 0.25) is 0 Å². The quantitative estimate of drug-likeness (QED) is 0.331. The lowest BCUT2D eigenvalue weighted by molar-refractivity contribution is -0.114. The summed E-state index contributed by atoms with van der Waals surface area (Å²) < 4.78 is 7.57. The number of carbonyl (C=O) groups excluding carboxylic acids is 2. The second-order valence-corrected chi connectivity index (χ2v) is 11.5. The highest BCUT2D eigenvalue weighted by Gasteiger charge is 2.38. The molecule has 2 aliphatic rings. The van der Waals surface area contributed by atoms with Gasteiger partial charge in [0.1, 0.15) is 15.9 Å². The van der Waals surface area contributed by atoms with Crippen LogP contribution in [-0.4, -0.2) is 33.0 Å². The van der Waals surface area contributed by atoms with Gasteiger partial charge < -0.3 is 9.30 Å². The van der Waals surface area contributed by atoms with Gasteiger partial charge in [-0.25, -0.2) is 9.78 Å². The van der Waals surface area contributed by atoms with Crippen molar-refractivity contribution < 1.29 is 14.3 Å². The number of carbonyl (C=O) groups is 2. The third kappa shape index (κ3) is 3.89. The van der Waals surface area contributed by atoms with E-state index in [4.69, 9.17) is 10.1 Å². The fourth-order valence-electron chi connectivity index (χ4n) is 4.70. The number of allylic oxidation sites excluding steroid dienone is 1. The smallest absolute Gasteiger partial charge is 0.341 e. The van der Waals surface area contributed by atoms with Crippen molar-refractivity contribution in [2.24, 2.45) is 0 Å². The van der Waals surface area contributed by atoms with E-state index < -0.39 is 5.92 Å². The Hall–Kier alpha value is -2.49. The Morgan fingerprint density at radius 2 is 2.12 bits per heavy atom. The van der Waals surface area contributed by atoms with Crippen molar-refractivity contribution in [1.82, 2.24) is 9.55 Å². The van der Waals surface area contributed by atoms with Gasteiger partial charge in [-0.15, -0.1) is 22.7 Å². The number of fused-ring (bicyclic) bond motifs is 1. The number of nitrogens with one attached hydrogen (secondary N) is 1. The number of thiazole rings is 1. The number of aryl methyl sites for hydroxylation is 2. The van der Waals surface area contributed by atoms with E-state index in [2.05, 4.69) is 9.55 Å².